The van der Waals surface area contributed by atoms with Gasteiger partial charge in [0, 0.05) is 13.1 Å². The van der Waals surface area contributed by atoms with Gasteiger partial charge in [-0.15, -0.1) is 0 Å². The van der Waals surface area contributed by atoms with Crippen LogP contribution in [-0.4, -0.2) is 62.9 Å². The first-order chi connectivity index (χ1) is 14.5. The van der Waals surface area contributed by atoms with Gasteiger partial charge in [0.15, 0.2) is 18.1 Å². The van der Waals surface area contributed by atoms with E-state index in [1.807, 2.05) is 0 Å². The Balaban J connectivity index is 1.58. The van der Waals surface area contributed by atoms with Crippen LogP contribution in [0.4, 0.5) is 0 Å². The maximum Gasteiger partial charge on any atom is 0.274 e. The van der Waals surface area contributed by atoms with E-state index in [-0.39, 0.29) is 18.4 Å². The molecule has 3 rings (SSSR count). The van der Waals surface area contributed by atoms with Gasteiger partial charge in [-0.25, -0.2) is 5.43 Å². The number of morpholine rings is 1. The van der Waals surface area contributed by atoms with Crippen molar-refractivity contribution in [2.24, 2.45) is 5.10 Å². The topological polar surface area (TPSA) is 103 Å². The summed E-state index contributed by atoms with van der Waals surface area (Å²) in [7, 11) is 1.51. The minimum absolute atomic E-state index is 0.0800. The van der Waals surface area contributed by atoms with Crippen LogP contribution >= 0.6 is 0 Å². The molecule has 2 heterocycles. The molecule has 160 valence electrons. The van der Waals surface area contributed by atoms with Crippen LogP contribution in [0.2, 0.25) is 0 Å². The van der Waals surface area contributed by atoms with Crippen molar-refractivity contribution in [1.29, 1.82) is 0 Å². The molecular formula is C21H25N3O6. The number of hydrogen-bond donors (Lipinski definition) is 1. The second-order valence-electron chi connectivity index (χ2n) is 6.72. The van der Waals surface area contributed by atoms with E-state index < -0.39 is 0 Å². The van der Waals surface area contributed by atoms with Gasteiger partial charge in [0.25, 0.3) is 11.8 Å². The highest BCUT2D eigenvalue weighted by molar-refractivity contribution is 5.95. The second kappa shape index (κ2) is 9.93. The zero-order valence-corrected chi connectivity index (χ0v) is 17.3. The highest BCUT2D eigenvalue weighted by Gasteiger charge is 2.18. The number of hydrazone groups is 1. The van der Waals surface area contributed by atoms with Crippen molar-refractivity contribution in [2.45, 2.75) is 13.8 Å². The van der Waals surface area contributed by atoms with Crippen LogP contribution in [-0.2, 0) is 9.53 Å². The Labute approximate surface area is 174 Å². The number of carbonyl (C=O) groups excluding carboxylic acids is 2. The summed E-state index contributed by atoms with van der Waals surface area (Å²) in [5, 5.41) is 3.97. The largest absolute Gasteiger partial charge is 0.493 e. The molecule has 9 nitrogen and oxygen atoms in total. The van der Waals surface area contributed by atoms with Gasteiger partial charge in [0.2, 0.25) is 0 Å². The molecule has 1 N–H and O–H groups in total. The van der Waals surface area contributed by atoms with Crippen LogP contribution in [0.3, 0.4) is 0 Å². The molecule has 1 fully saturated rings. The van der Waals surface area contributed by atoms with Crippen LogP contribution in [0.1, 0.15) is 27.4 Å². The Morgan fingerprint density at radius 2 is 1.97 bits per heavy atom. The van der Waals surface area contributed by atoms with E-state index in [1.165, 1.54) is 13.3 Å². The molecule has 1 aromatic heterocycles. The van der Waals surface area contributed by atoms with Crippen molar-refractivity contribution < 1.29 is 28.2 Å². The molecule has 30 heavy (non-hydrogen) atoms. The van der Waals surface area contributed by atoms with Crippen LogP contribution in [0.15, 0.2) is 33.8 Å². The maximum absolute atomic E-state index is 12.2. The SMILES string of the molecule is COc1cc(/C=N\NC(=O)c2cc(C)oc2C)ccc1OCC(=O)N1CCOCC1. The predicted octanol–water partition coefficient (Wildman–Crippen LogP) is 1.91. The lowest BCUT2D eigenvalue weighted by molar-refractivity contribution is -0.137. The Bertz CT molecular complexity index is 931. The number of amides is 2. The van der Waals surface area contributed by atoms with Crippen molar-refractivity contribution in [3.05, 3.63) is 46.9 Å². The quantitative estimate of drug-likeness (QED) is 0.547. The molecule has 0 aliphatic carbocycles. The summed E-state index contributed by atoms with van der Waals surface area (Å²) in [5.74, 6) is 1.66. The highest BCUT2D eigenvalue weighted by Crippen LogP contribution is 2.27. The Hall–Kier alpha value is -3.33. The summed E-state index contributed by atoms with van der Waals surface area (Å²) < 4.78 is 21.6. The fraction of sp³-hybridized carbons (Fsp3) is 0.381. The van der Waals surface area contributed by atoms with Crippen molar-refractivity contribution >= 4 is 18.0 Å². The number of nitrogens with zero attached hydrogens (tertiary/aromatic N) is 2. The predicted molar refractivity (Wildman–Crippen MR) is 109 cm³/mol. The molecular weight excluding hydrogens is 390 g/mol. The maximum atomic E-state index is 12.2. The zero-order chi connectivity index (χ0) is 21.5. The molecule has 2 aromatic rings. The van der Waals surface area contributed by atoms with Crippen molar-refractivity contribution in [3.8, 4) is 11.5 Å². The molecule has 1 saturated heterocycles. The van der Waals surface area contributed by atoms with E-state index in [0.717, 1.165) is 0 Å². The monoisotopic (exact) mass is 415 g/mol. The summed E-state index contributed by atoms with van der Waals surface area (Å²) >= 11 is 0. The van der Waals surface area contributed by atoms with E-state index >= 15 is 0 Å². The van der Waals surface area contributed by atoms with Gasteiger partial charge < -0.3 is 23.5 Å². The van der Waals surface area contributed by atoms with Crippen LogP contribution in [0.25, 0.3) is 0 Å². The van der Waals surface area contributed by atoms with Crippen LogP contribution in [0.5, 0.6) is 11.5 Å². The number of aryl methyl sites for hydroxylation is 2. The normalized spacial score (nSPS) is 14.0. The molecule has 0 radical (unpaired) electrons. The molecule has 0 unspecified atom stereocenters. The van der Waals surface area contributed by atoms with Gasteiger partial charge in [0.05, 0.1) is 32.1 Å². The van der Waals surface area contributed by atoms with Gasteiger partial charge in [0.1, 0.15) is 11.5 Å². The van der Waals surface area contributed by atoms with E-state index in [9.17, 15) is 9.59 Å². The highest BCUT2D eigenvalue weighted by atomic mass is 16.5. The average molecular weight is 415 g/mol. The summed E-state index contributed by atoms with van der Waals surface area (Å²) in [5.41, 5.74) is 3.60. The Morgan fingerprint density at radius 1 is 1.20 bits per heavy atom. The lowest BCUT2D eigenvalue weighted by Gasteiger charge is -2.26. The van der Waals surface area contributed by atoms with Crippen LogP contribution in [0, 0.1) is 13.8 Å². The number of carbonyl (C=O) groups is 2. The number of benzene rings is 1. The lowest BCUT2D eigenvalue weighted by atomic mass is 10.2. The van der Waals surface area contributed by atoms with E-state index in [4.69, 9.17) is 18.6 Å². The summed E-state index contributed by atoms with van der Waals surface area (Å²) in [4.78, 5) is 26.1. The first kappa shape index (κ1) is 21.4. The standard InChI is InChI=1S/C21H25N3O6/c1-14-10-17(15(2)30-14)21(26)23-22-12-16-4-5-18(19(11-16)27-3)29-13-20(25)24-6-8-28-9-7-24/h4-5,10-12H,6-9,13H2,1-3H3,(H,23,26)/b22-12-. The molecule has 0 spiro atoms. The summed E-state index contributed by atoms with van der Waals surface area (Å²) in [6.45, 7) is 5.63. The third-order valence-electron chi connectivity index (χ3n) is 4.57. The first-order valence-corrected chi connectivity index (χ1v) is 9.54. The Morgan fingerprint density at radius 3 is 2.63 bits per heavy atom. The summed E-state index contributed by atoms with van der Waals surface area (Å²) in [6, 6.07) is 6.81. The van der Waals surface area contributed by atoms with Crippen LogP contribution < -0.4 is 14.9 Å². The van der Waals surface area contributed by atoms with Gasteiger partial charge >= 0.3 is 0 Å². The average Bonchev–Trinajstić information content (AvgIpc) is 3.10. The number of ether oxygens (including phenoxy) is 3. The van der Waals surface area contributed by atoms with Gasteiger partial charge in [-0.05, 0) is 43.7 Å². The van der Waals surface area contributed by atoms with Gasteiger partial charge in [-0.2, -0.15) is 5.10 Å². The number of methoxy groups -OCH3 is 1. The summed E-state index contributed by atoms with van der Waals surface area (Å²) in [6.07, 6.45) is 1.49. The fourth-order valence-corrected chi connectivity index (χ4v) is 3.01. The Kier molecular flexibility index (Phi) is 7.08. The zero-order valence-electron chi connectivity index (χ0n) is 17.3. The third kappa shape index (κ3) is 5.38. The number of hydrogen-bond acceptors (Lipinski definition) is 7. The van der Waals surface area contributed by atoms with E-state index in [0.29, 0.717) is 60.4 Å². The van der Waals surface area contributed by atoms with Crippen molar-refractivity contribution in [2.75, 3.05) is 40.0 Å². The number of nitrogens with one attached hydrogen (secondary N) is 1. The van der Waals surface area contributed by atoms with Crippen molar-refractivity contribution in [1.82, 2.24) is 10.3 Å². The molecule has 9 heteroatoms. The van der Waals surface area contributed by atoms with Gasteiger partial charge in [-0.1, -0.05) is 0 Å². The lowest BCUT2D eigenvalue weighted by Crippen LogP contribution is -2.43. The van der Waals surface area contributed by atoms with E-state index in [1.54, 1.807) is 43.0 Å². The molecule has 0 saturated carbocycles. The molecule has 0 bridgehead atoms. The van der Waals surface area contributed by atoms with E-state index in [2.05, 4.69) is 10.5 Å². The number of rotatable bonds is 7. The van der Waals surface area contributed by atoms with Crippen molar-refractivity contribution in [3.63, 3.8) is 0 Å². The molecule has 1 aromatic carbocycles. The molecule has 0 atom stereocenters. The first-order valence-electron chi connectivity index (χ1n) is 9.54. The number of furan rings is 1. The molecule has 1 aliphatic rings. The molecule has 2 amide bonds. The third-order valence-corrected chi connectivity index (χ3v) is 4.57. The fourth-order valence-electron chi connectivity index (χ4n) is 3.01. The van der Waals surface area contributed by atoms with Gasteiger partial charge in [-0.3, -0.25) is 9.59 Å². The minimum atomic E-state index is -0.353. The second-order valence-corrected chi connectivity index (χ2v) is 6.72. The minimum Gasteiger partial charge on any atom is -0.493 e. The smallest absolute Gasteiger partial charge is 0.274 e. The molecule has 1 aliphatic heterocycles.